The fraction of sp³-hybridized carbons (Fsp3) is 0.314. The van der Waals surface area contributed by atoms with Crippen molar-refractivity contribution in [1.82, 2.24) is 4.90 Å². The predicted molar refractivity (Wildman–Crippen MR) is 167 cm³/mol. The van der Waals surface area contributed by atoms with Gasteiger partial charge in [0.25, 0.3) is 5.69 Å². The summed E-state index contributed by atoms with van der Waals surface area (Å²) in [5.41, 5.74) is 6.08. The molecule has 0 amide bonds. The summed E-state index contributed by atoms with van der Waals surface area (Å²) in [6, 6.07) is 20.0. The van der Waals surface area contributed by atoms with Crippen molar-refractivity contribution in [3.63, 3.8) is 0 Å². The number of nitro benzene ring substituents is 1. The fourth-order valence-electron chi connectivity index (χ4n) is 6.62. The predicted octanol–water partition coefficient (Wildman–Crippen LogP) is 7.49. The van der Waals surface area contributed by atoms with Gasteiger partial charge in [0.2, 0.25) is 0 Å². The Morgan fingerprint density at radius 1 is 0.886 bits per heavy atom. The number of rotatable bonds is 9. The van der Waals surface area contributed by atoms with E-state index in [1.807, 2.05) is 24.3 Å². The smallest absolute Gasteiger partial charge is 0.269 e. The number of methoxy groups -OCH3 is 1. The second-order valence-corrected chi connectivity index (χ2v) is 11.7. The number of hydrogen-bond donors (Lipinski definition) is 0. The van der Waals surface area contributed by atoms with Gasteiger partial charge in [0.05, 0.1) is 17.1 Å². The van der Waals surface area contributed by atoms with Crippen molar-refractivity contribution in [3.05, 3.63) is 121 Å². The molecule has 1 aliphatic heterocycles. The van der Waals surface area contributed by atoms with E-state index in [-0.39, 0.29) is 23.9 Å². The van der Waals surface area contributed by atoms with Crippen LogP contribution in [0.1, 0.15) is 61.1 Å². The Balaban J connectivity index is 1.37. The summed E-state index contributed by atoms with van der Waals surface area (Å²) in [7, 11) is 1.52. The van der Waals surface area contributed by atoms with Crippen LogP contribution in [-0.4, -0.2) is 35.0 Å². The maximum atomic E-state index is 13.7. The van der Waals surface area contributed by atoms with Gasteiger partial charge >= 0.3 is 0 Å². The second kappa shape index (κ2) is 12.7. The molecule has 1 heterocycles. The van der Waals surface area contributed by atoms with E-state index in [9.17, 15) is 19.7 Å². The highest BCUT2D eigenvalue weighted by Gasteiger charge is 2.43. The van der Waals surface area contributed by atoms with E-state index in [0.717, 1.165) is 54.6 Å². The number of ketones is 2. The summed E-state index contributed by atoms with van der Waals surface area (Å²) in [5, 5.41) is 11.3. The van der Waals surface area contributed by atoms with E-state index in [0.29, 0.717) is 47.1 Å². The van der Waals surface area contributed by atoms with Gasteiger partial charge in [-0.1, -0.05) is 41.9 Å². The Kier molecular flexibility index (Phi) is 8.53. The Morgan fingerprint density at radius 2 is 1.52 bits per heavy atom. The molecular weight excluding hydrogens is 580 g/mol. The normalized spacial score (nSPS) is 17.0. The lowest BCUT2D eigenvalue weighted by atomic mass is 9.71. The molecule has 6 rings (SSSR count). The maximum Gasteiger partial charge on any atom is 0.269 e. The number of benzene rings is 3. The summed E-state index contributed by atoms with van der Waals surface area (Å²) < 4.78 is 11.8. The minimum absolute atomic E-state index is 0.00306. The first kappa shape index (κ1) is 29.6. The van der Waals surface area contributed by atoms with Crippen molar-refractivity contribution >= 4 is 28.9 Å². The second-order valence-electron chi connectivity index (χ2n) is 11.3. The SMILES string of the molecule is COc1cc(C2C3=C(CCCC3=O)N(CCc3ccccc3)C3=C2C(=O)CCC3)cc(Cl)c1OCc1ccc([N+](=O)[O-])cc1. The molecule has 0 spiro atoms. The van der Waals surface area contributed by atoms with Crippen LogP contribution in [-0.2, 0) is 22.6 Å². The van der Waals surface area contributed by atoms with Gasteiger partial charge in [0, 0.05) is 60.0 Å². The molecule has 0 bridgehead atoms. The first-order chi connectivity index (χ1) is 21.4. The Morgan fingerprint density at radius 3 is 2.11 bits per heavy atom. The summed E-state index contributed by atoms with van der Waals surface area (Å²) in [6.45, 7) is 0.823. The lowest BCUT2D eigenvalue weighted by Crippen LogP contribution is -2.40. The molecule has 3 aromatic rings. The molecule has 0 atom stereocenters. The number of non-ortho nitro benzene ring substituents is 1. The largest absolute Gasteiger partial charge is 0.493 e. The van der Waals surface area contributed by atoms with Crippen LogP contribution >= 0.6 is 11.6 Å². The molecule has 44 heavy (non-hydrogen) atoms. The number of carbonyl (C=O) groups excluding carboxylic acids is 2. The van der Waals surface area contributed by atoms with Crippen LogP contribution in [0.15, 0.2) is 89.3 Å². The summed E-state index contributed by atoms with van der Waals surface area (Å²) >= 11 is 6.83. The first-order valence-corrected chi connectivity index (χ1v) is 15.3. The molecule has 0 saturated carbocycles. The van der Waals surface area contributed by atoms with E-state index in [2.05, 4.69) is 17.0 Å². The van der Waals surface area contributed by atoms with Crippen LogP contribution in [0.5, 0.6) is 11.5 Å². The highest BCUT2D eigenvalue weighted by Crippen LogP contribution is 2.51. The van der Waals surface area contributed by atoms with Crippen LogP contribution in [0.25, 0.3) is 0 Å². The lowest BCUT2D eigenvalue weighted by Gasteiger charge is -2.44. The average molecular weight is 613 g/mol. The van der Waals surface area contributed by atoms with Crippen molar-refractivity contribution < 1.29 is 24.0 Å². The third kappa shape index (κ3) is 5.74. The van der Waals surface area contributed by atoms with E-state index < -0.39 is 10.8 Å². The number of allylic oxidation sites excluding steroid dienone is 4. The zero-order valence-corrected chi connectivity index (χ0v) is 25.3. The number of hydrogen-bond acceptors (Lipinski definition) is 7. The molecule has 9 heteroatoms. The van der Waals surface area contributed by atoms with Gasteiger partial charge < -0.3 is 14.4 Å². The highest BCUT2D eigenvalue weighted by atomic mass is 35.5. The molecule has 0 aromatic heterocycles. The molecule has 3 aromatic carbocycles. The third-order valence-electron chi connectivity index (χ3n) is 8.67. The number of carbonyl (C=O) groups is 2. The number of nitrogens with zero attached hydrogens (tertiary/aromatic N) is 2. The van der Waals surface area contributed by atoms with Crippen molar-refractivity contribution in [2.75, 3.05) is 13.7 Å². The molecule has 8 nitrogen and oxygen atoms in total. The van der Waals surface area contributed by atoms with E-state index in [1.165, 1.54) is 24.8 Å². The molecule has 0 N–H and O–H groups in total. The van der Waals surface area contributed by atoms with Crippen LogP contribution < -0.4 is 9.47 Å². The monoisotopic (exact) mass is 612 g/mol. The standard InChI is InChI=1S/C35H33ClN2O6/c1-43-31-20-24(19-26(36)35(31)44-21-23-13-15-25(16-14-23)38(41)42)32-33-27(9-5-11-29(33)39)37(18-17-22-7-3-2-4-8-22)28-10-6-12-30(40)34(28)32/h2-4,7-8,13-16,19-20,32H,5-6,9-12,17-18,21H2,1H3. The Hall–Kier alpha value is -4.43. The summed E-state index contributed by atoms with van der Waals surface area (Å²) in [5.74, 6) is 0.323. The number of halogens is 1. The van der Waals surface area contributed by atoms with E-state index in [1.54, 1.807) is 18.2 Å². The molecule has 3 aliphatic rings. The van der Waals surface area contributed by atoms with Crippen molar-refractivity contribution in [2.45, 2.75) is 57.5 Å². The molecule has 2 aliphatic carbocycles. The molecule has 0 saturated heterocycles. The maximum absolute atomic E-state index is 13.7. The number of Topliss-reactive ketones (excluding diaryl/α,β-unsaturated/α-hetero) is 2. The molecule has 0 fully saturated rings. The summed E-state index contributed by atoms with van der Waals surface area (Å²) in [6.07, 6.45) is 4.81. The van der Waals surface area contributed by atoms with Crippen molar-refractivity contribution in [2.24, 2.45) is 0 Å². The minimum atomic E-state index is -0.524. The Bertz CT molecular complexity index is 1640. The van der Waals surface area contributed by atoms with Crippen LogP contribution in [0.2, 0.25) is 5.02 Å². The van der Waals surface area contributed by atoms with Gasteiger partial charge in [-0.05, 0) is 73.1 Å². The van der Waals surface area contributed by atoms with E-state index >= 15 is 0 Å². The summed E-state index contributed by atoms with van der Waals surface area (Å²) in [4.78, 5) is 40.2. The third-order valence-corrected chi connectivity index (χ3v) is 8.95. The Labute approximate surface area is 261 Å². The van der Waals surface area contributed by atoms with Crippen molar-refractivity contribution in [3.8, 4) is 11.5 Å². The lowest BCUT2D eigenvalue weighted by molar-refractivity contribution is -0.384. The number of nitro groups is 1. The topological polar surface area (TPSA) is 99.0 Å². The fourth-order valence-corrected chi connectivity index (χ4v) is 6.89. The van der Waals surface area contributed by atoms with Gasteiger partial charge in [0.15, 0.2) is 23.1 Å². The van der Waals surface area contributed by atoms with Gasteiger partial charge in [-0.15, -0.1) is 0 Å². The minimum Gasteiger partial charge on any atom is -0.493 e. The average Bonchev–Trinajstić information content (AvgIpc) is 3.03. The quantitative estimate of drug-likeness (QED) is 0.182. The highest BCUT2D eigenvalue weighted by molar-refractivity contribution is 6.32. The zero-order valence-electron chi connectivity index (χ0n) is 24.5. The van der Waals surface area contributed by atoms with Gasteiger partial charge in [-0.25, -0.2) is 0 Å². The van der Waals surface area contributed by atoms with Crippen molar-refractivity contribution in [1.29, 1.82) is 0 Å². The van der Waals surface area contributed by atoms with Gasteiger partial charge in [-0.3, -0.25) is 19.7 Å². The van der Waals surface area contributed by atoms with E-state index in [4.69, 9.17) is 21.1 Å². The molecule has 0 radical (unpaired) electrons. The number of ether oxygens (including phenoxy) is 2. The van der Waals surface area contributed by atoms with Crippen LogP contribution in [0.3, 0.4) is 0 Å². The molecule has 0 unspecified atom stereocenters. The first-order valence-electron chi connectivity index (χ1n) is 14.9. The zero-order chi connectivity index (χ0) is 30.8. The molecular formula is C35H33ClN2O6. The van der Waals surface area contributed by atoms with Crippen LogP contribution in [0.4, 0.5) is 5.69 Å². The molecule has 226 valence electrons. The van der Waals surface area contributed by atoms with Gasteiger partial charge in [-0.2, -0.15) is 0 Å². The van der Waals surface area contributed by atoms with Gasteiger partial charge in [0.1, 0.15) is 6.61 Å². The van der Waals surface area contributed by atoms with Crippen LogP contribution in [0, 0.1) is 10.1 Å².